The van der Waals surface area contributed by atoms with E-state index in [1.54, 1.807) is 24.8 Å². The van der Waals surface area contributed by atoms with Crippen molar-refractivity contribution in [3.05, 3.63) is 61.2 Å². The van der Waals surface area contributed by atoms with Gasteiger partial charge in [-0.25, -0.2) is 0 Å². The van der Waals surface area contributed by atoms with Crippen molar-refractivity contribution in [1.29, 1.82) is 0 Å². The van der Waals surface area contributed by atoms with Crippen molar-refractivity contribution in [2.75, 3.05) is 0 Å². The Balaban J connectivity index is 0.000000206. The molecule has 0 aliphatic heterocycles. The smallest absolute Gasteiger partial charge is 0.265 e. The van der Waals surface area contributed by atoms with Gasteiger partial charge in [0, 0.05) is 24.8 Å². The summed E-state index contributed by atoms with van der Waals surface area (Å²) in [6.45, 7) is 0. The van der Waals surface area contributed by atoms with Crippen LogP contribution in [0.2, 0.25) is 0 Å². The Morgan fingerprint density at radius 1 is 0.462 bits per heavy atom. The van der Waals surface area contributed by atoms with E-state index in [0.717, 1.165) is 0 Å². The largest absolute Gasteiger partial charge is 2.00 e. The monoisotopic (exact) mass is 353 g/mol. The van der Waals surface area contributed by atoms with Crippen LogP contribution in [0.15, 0.2) is 61.2 Å². The van der Waals surface area contributed by atoms with Gasteiger partial charge >= 0.3 is 21.1 Å². The van der Waals surface area contributed by atoms with E-state index in [4.69, 9.17) is 0 Å². The molecule has 2 aromatic rings. The van der Waals surface area contributed by atoms with Crippen LogP contribution in [0.25, 0.3) is 0 Å². The van der Waals surface area contributed by atoms with Crippen molar-refractivity contribution >= 4 is 0 Å². The van der Waals surface area contributed by atoms with Crippen molar-refractivity contribution in [1.82, 2.24) is 9.97 Å². The maximum atomic E-state index is 3.78. The standard InChI is InChI=1S/2C5H5N.Pt/c2*1-2-4-6-5-3-1;/h2*1-5H;/q;;+2. The molecular weight excluding hydrogens is 343 g/mol. The topological polar surface area (TPSA) is 25.8 Å². The molecular formula is C10H10N2Pt+2. The number of hydrogen-bond donors (Lipinski definition) is 0. The van der Waals surface area contributed by atoms with E-state index in [0.29, 0.717) is 0 Å². The van der Waals surface area contributed by atoms with Gasteiger partial charge in [0.2, 0.25) is 0 Å². The minimum absolute atomic E-state index is 0. The zero-order chi connectivity index (χ0) is 8.49. The molecule has 0 aliphatic rings. The molecule has 2 rings (SSSR count). The van der Waals surface area contributed by atoms with Crippen molar-refractivity contribution in [2.24, 2.45) is 0 Å². The molecule has 68 valence electrons. The quantitative estimate of drug-likeness (QED) is 0.726. The molecule has 0 atom stereocenters. The number of nitrogens with zero attached hydrogens (tertiary/aromatic N) is 2. The van der Waals surface area contributed by atoms with Gasteiger partial charge in [-0.1, -0.05) is 12.1 Å². The predicted octanol–water partition coefficient (Wildman–Crippen LogP) is 2.16. The van der Waals surface area contributed by atoms with Crippen LogP contribution >= 0.6 is 0 Å². The third kappa shape index (κ3) is 7.35. The summed E-state index contributed by atoms with van der Waals surface area (Å²) in [5.41, 5.74) is 0. The summed E-state index contributed by atoms with van der Waals surface area (Å²) < 4.78 is 0. The Morgan fingerprint density at radius 2 is 0.769 bits per heavy atom. The summed E-state index contributed by atoms with van der Waals surface area (Å²) in [6, 6.07) is 11.4. The number of aromatic nitrogens is 2. The molecule has 0 aliphatic carbocycles. The molecule has 2 aromatic heterocycles. The first-order valence-corrected chi connectivity index (χ1v) is 3.70. The Labute approximate surface area is 92.3 Å². The molecule has 0 saturated heterocycles. The van der Waals surface area contributed by atoms with Gasteiger partial charge in [0.15, 0.2) is 0 Å². The Morgan fingerprint density at radius 3 is 0.846 bits per heavy atom. The molecule has 2 heterocycles. The third-order valence-electron chi connectivity index (χ3n) is 1.13. The maximum Gasteiger partial charge on any atom is 2.00 e. The van der Waals surface area contributed by atoms with E-state index < -0.39 is 0 Å². The van der Waals surface area contributed by atoms with Gasteiger partial charge in [0.05, 0.1) is 0 Å². The fourth-order valence-electron chi connectivity index (χ4n) is 0.625. The summed E-state index contributed by atoms with van der Waals surface area (Å²) in [5, 5.41) is 0. The molecule has 13 heavy (non-hydrogen) atoms. The van der Waals surface area contributed by atoms with Crippen molar-refractivity contribution in [3.63, 3.8) is 0 Å². The van der Waals surface area contributed by atoms with E-state index in [1.807, 2.05) is 36.4 Å². The van der Waals surface area contributed by atoms with Gasteiger partial charge in [-0.05, 0) is 24.3 Å². The van der Waals surface area contributed by atoms with Crippen LogP contribution in [-0.4, -0.2) is 9.97 Å². The average molecular weight is 353 g/mol. The average Bonchev–Trinajstić information content (AvgIpc) is 2.24. The van der Waals surface area contributed by atoms with Crippen molar-refractivity contribution < 1.29 is 21.1 Å². The van der Waals surface area contributed by atoms with Crippen LogP contribution in [0.4, 0.5) is 0 Å². The molecule has 0 N–H and O–H groups in total. The van der Waals surface area contributed by atoms with Crippen molar-refractivity contribution in [3.8, 4) is 0 Å². The van der Waals surface area contributed by atoms with Gasteiger partial charge in [-0.3, -0.25) is 9.97 Å². The van der Waals surface area contributed by atoms with E-state index in [9.17, 15) is 0 Å². The summed E-state index contributed by atoms with van der Waals surface area (Å²) in [7, 11) is 0. The third-order valence-corrected chi connectivity index (χ3v) is 1.13. The minimum atomic E-state index is 0. The molecule has 0 spiro atoms. The molecule has 3 heteroatoms. The van der Waals surface area contributed by atoms with E-state index in [-0.39, 0.29) is 21.1 Å². The summed E-state index contributed by atoms with van der Waals surface area (Å²) in [6.07, 6.45) is 7.00. The first-order valence-electron chi connectivity index (χ1n) is 3.70. The Bertz CT molecular complexity index is 188. The SMILES string of the molecule is [Pt+2].c1ccncc1.c1ccncc1. The number of rotatable bonds is 0. The molecule has 0 saturated carbocycles. The predicted molar refractivity (Wildman–Crippen MR) is 48.5 cm³/mol. The molecule has 0 bridgehead atoms. The zero-order valence-electron chi connectivity index (χ0n) is 6.98. The van der Waals surface area contributed by atoms with Gasteiger partial charge in [-0.2, -0.15) is 0 Å². The van der Waals surface area contributed by atoms with E-state index in [2.05, 4.69) is 9.97 Å². The molecule has 0 radical (unpaired) electrons. The van der Waals surface area contributed by atoms with Crippen LogP contribution in [-0.2, 0) is 21.1 Å². The van der Waals surface area contributed by atoms with Crippen LogP contribution in [0.3, 0.4) is 0 Å². The zero-order valence-corrected chi connectivity index (χ0v) is 9.26. The fraction of sp³-hybridized carbons (Fsp3) is 0. The normalized spacial score (nSPS) is 7.38. The number of pyridine rings is 2. The minimum Gasteiger partial charge on any atom is -0.265 e. The van der Waals surface area contributed by atoms with Crippen molar-refractivity contribution in [2.45, 2.75) is 0 Å². The molecule has 0 amide bonds. The summed E-state index contributed by atoms with van der Waals surface area (Å²) in [5.74, 6) is 0. The number of hydrogen-bond acceptors (Lipinski definition) is 2. The van der Waals surface area contributed by atoms with Crippen LogP contribution in [0.5, 0.6) is 0 Å². The summed E-state index contributed by atoms with van der Waals surface area (Å²) in [4.78, 5) is 7.57. The molecule has 0 aromatic carbocycles. The Kier molecular flexibility index (Phi) is 8.37. The first-order chi connectivity index (χ1) is 6.00. The van der Waals surface area contributed by atoms with Gasteiger partial charge in [0.1, 0.15) is 0 Å². The Hall–Kier alpha value is -1.01. The maximum absolute atomic E-state index is 3.78. The molecule has 2 nitrogen and oxygen atoms in total. The van der Waals surface area contributed by atoms with Gasteiger partial charge in [-0.15, -0.1) is 0 Å². The van der Waals surface area contributed by atoms with Crippen LogP contribution in [0, 0.1) is 0 Å². The second kappa shape index (κ2) is 9.08. The van der Waals surface area contributed by atoms with Gasteiger partial charge in [0.25, 0.3) is 0 Å². The van der Waals surface area contributed by atoms with Crippen LogP contribution in [0.1, 0.15) is 0 Å². The fourth-order valence-corrected chi connectivity index (χ4v) is 0.625. The van der Waals surface area contributed by atoms with Gasteiger partial charge < -0.3 is 0 Å². The van der Waals surface area contributed by atoms with E-state index in [1.165, 1.54) is 0 Å². The second-order valence-electron chi connectivity index (χ2n) is 2.05. The first kappa shape index (κ1) is 12.0. The van der Waals surface area contributed by atoms with E-state index >= 15 is 0 Å². The molecule has 0 unspecified atom stereocenters. The van der Waals surface area contributed by atoms with Crippen LogP contribution < -0.4 is 0 Å². The second-order valence-corrected chi connectivity index (χ2v) is 2.05. The summed E-state index contributed by atoms with van der Waals surface area (Å²) >= 11 is 0. The molecule has 0 fully saturated rings.